The normalized spacial score (nSPS) is 10.9. The van der Waals surface area contributed by atoms with Gasteiger partial charge in [0, 0.05) is 21.9 Å². The van der Waals surface area contributed by atoms with Gasteiger partial charge in [-0.1, -0.05) is 142 Å². The van der Waals surface area contributed by atoms with Gasteiger partial charge in [0.25, 0.3) is 0 Å². The molecule has 0 spiro atoms. The van der Waals surface area contributed by atoms with Crippen molar-refractivity contribution < 1.29 is 42.9 Å². The molecule has 0 aliphatic heterocycles. The summed E-state index contributed by atoms with van der Waals surface area (Å²) in [5, 5.41) is 19.6. The van der Waals surface area contributed by atoms with Crippen molar-refractivity contribution in [3.8, 4) is 22.3 Å². The van der Waals surface area contributed by atoms with E-state index < -0.39 is 14.4 Å². The third-order valence-corrected chi connectivity index (χ3v) is 10.1. The number of hydrogen-bond acceptors (Lipinski definition) is 5. The Bertz CT molecular complexity index is 1600. The summed E-state index contributed by atoms with van der Waals surface area (Å²) in [6.07, 6.45) is 2.62. The molecular weight excluding hydrogens is 824 g/mol. The first-order chi connectivity index (χ1) is 26.7. The fourth-order valence-electron chi connectivity index (χ4n) is 5.82. The molecule has 0 bridgehead atoms. The summed E-state index contributed by atoms with van der Waals surface area (Å²) in [7, 11) is -1.97. The zero-order chi connectivity index (χ0) is 43.4. The maximum Gasteiger partial charge on any atom is 1.00 e. The molecule has 0 aliphatic carbocycles. The molecular formula is C49H74B2ILiO5. The molecule has 314 valence electrons. The third kappa shape index (κ3) is 20.1. The number of halogens is 1. The van der Waals surface area contributed by atoms with Gasteiger partial charge in [0.15, 0.2) is 0 Å². The molecule has 2 N–H and O–H groups in total. The summed E-state index contributed by atoms with van der Waals surface area (Å²) in [4.78, 5) is 0. The minimum atomic E-state index is -1.43. The predicted octanol–water partition coefficient (Wildman–Crippen LogP) is 10.4. The van der Waals surface area contributed by atoms with Gasteiger partial charge in [0.05, 0.1) is 0 Å². The second-order valence-corrected chi connectivity index (χ2v) is 17.5. The molecule has 9 heteroatoms. The molecule has 0 saturated heterocycles. The van der Waals surface area contributed by atoms with Crippen LogP contribution in [0.15, 0.2) is 84.9 Å². The van der Waals surface area contributed by atoms with Crippen LogP contribution in [0.4, 0.5) is 0 Å². The van der Waals surface area contributed by atoms with E-state index in [4.69, 9.17) is 14.0 Å². The second-order valence-electron chi connectivity index (χ2n) is 16.5. The van der Waals surface area contributed by atoms with Gasteiger partial charge in [-0.25, -0.2) is 0 Å². The Hall–Kier alpha value is -1.86. The van der Waals surface area contributed by atoms with Crippen molar-refractivity contribution >= 4 is 42.5 Å². The molecule has 0 aliphatic rings. The first-order valence-corrected chi connectivity index (χ1v) is 22.1. The Morgan fingerprint density at radius 2 is 0.793 bits per heavy atom. The molecule has 0 aromatic heterocycles. The van der Waals surface area contributed by atoms with E-state index in [1.165, 1.54) is 32.2 Å². The first-order valence-electron chi connectivity index (χ1n) is 21.0. The van der Waals surface area contributed by atoms with Gasteiger partial charge in [0.1, 0.15) is 0 Å². The van der Waals surface area contributed by atoms with E-state index in [1.54, 1.807) is 0 Å². The molecule has 4 rings (SSSR count). The van der Waals surface area contributed by atoms with Gasteiger partial charge >= 0.3 is 33.3 Å². The van der Waals surface area contributed by atoms with Crippen LogP contribution in [-0.2, 0) is 14.0 Å². The topological polar surface area (TPSA) is 68.2 Å². The van der Waals surface area contributed by atoms with E-state index in [1.807, 2.05) is 59.7 Å². The van der Waals surface area contributed by atoms with Crippen molar-refractivity contribution in [3.05, 3.63) is 118 Å². The molecule has 0 fully saturated rings. The Labute approximate surface area is 381 Å². The van der Waals surface area contributed by atoms with E-state index in [2.05, 4.69) is 159 Å². The van der Waals surface area contributed by atoms with E-state index in [0.29, 0.717) is 17.3 Å². The van der Waals surface area contributed by atoms with E-state index in [-0.39, 0.29) is 49.0 Å². The van der Waals surface area contributed by atoms with Crippen molar-refractivity contribution in [1.82, 2.24) is 0 Å². The maximum atomic E-state index is 9.80. The Morgan fingerprint density at radius 3 is 1.02 bits per heavy atom. The standard InChI is InChI=1S/C18H23BO2.C18H21I.C9H21BO3.C4H9.Li/c1-12(2)16-10-15(14-8-6-5-7-9-14)11-17(13(3)4)18(16)19(20)21;1-12(2)16-10-15(14-8-6-5-7-9-14)11-17(13(3)4)18(16)19;1-7(2)11-10(12-8(3)4)13-9(5)6;1-3-4-2;/h5-13,20-21H,1-4H3;5-13H,1-4H3;7-9H,1-6H3;1,3-4H2,2H3;/q;;;-1;+1. The number of rotatable bonds is 14. The first kappa shape index (κ1) is 56.1. The Morgan fingerprint density at radius 1 is 0.517 bits per heavy atom. The van der Waals surface area contributed by atoms with Crippen LogP contribution in [0.3, 0.4) is 0 Å². The molecule has 0 atom stereocenters. The fraction of sp³-hybridized carbons (Fsp3) is 0.490. The maximum absolute atomic E-state index is 9.80. The van der Waals surface area contributed by atoms with Gasteiger partial charge in [0.2, 0.25) is 0 Å². The zero-order valence-electron chi connectivity index (χ0n) is 38.9. The summed E-state index contributed by atoms with van der Waals surface area (Å²) in [6.45, 7) is 34.9. The third-order valence-electron chi connectivity index (χ3n) is 8.84. The van der Waals surface area contributed by atoms with Crippen molar-refractivity contribution in [2.45, 2.75) is 159 Å². The van der Waals surface area contributed by atoms with Crippen molar-refractivity contribution in [2.24, 2.45) is 0 Å². The number of unbranched alkanes of at least 4 members (excludes halogenated alkanes) is 1. The summed E-state index contributed by atoms with van der Waals surface area (Å²) in [6, 6.07) is 29.8. The molecule has 5 nitrogen and oxygen atoms in total. The number of benzene rings is 4. The summed E-state index contributed by atoms with van der Waals surface area (Å²) < 4.78 is 17.7. The van der Waals surface area contributed by atoms with Crippen LogP contribution in [0.2, 0.25) is 0 Å². The summed E-state index contributed by atoms with van der Waals surface area (Å²) in [5.41, 5.74) is 10.5. The molecule has 0 radical (unpaired) electrons. The van der Waals surface area contributed by atoms with Crippen molar-refractivity contribution in [1.29, 1.82) is 0 Å². The van der Waals surface area contributed by atoms with Gasteiger partial charge in [-0.2, -0.15) is 6.42 Å². The smallest absolute Gasteiger partial charge is 0.423 e. The minimum absolute atomic E-state index is 0. The molecule has 0 unspecified atom stereocenters. The molecule has 58 heavy (non-hydrogen) atoms. The quantitative estimate of drug-likeness (QED) is 0.0750. The van der Waals surface area contributed by atoms with Crippen LogP contribution in [0.5, 0.6) is 0 Å². The summed E-state index contributed by atoms with van der Waals surface area (Å²) in [5.74, 6) is 1.60. The molecule has 0 heterocycles. The van der Waals surface area contributed by atoms with Crippen LogP contribution in [-0.4, -0.2) is 42.8 Å². The average Bonchev–Trinajstić information content (AvgIpc) is 3.14. The van der Waals surface area contributed by atoms with Crippen LogP contribution in [0, 0.1) is 10.5 Å². The number of hydrogen-bond donors (Lipinski definition) is 2. The van der Waals surface area contributed by atoms with Crippen LogP contribution in [0.1, 0.15) is 163 Å². The minimum Gasteiger partial charge on any atom is -0.423 e. The van der Waals surface area contributed by atoms with Crippen LogP contribution < -0.4 is 24.3 Å². The fourth-order valence-corrected chi connectivity index (χ4v) is 7.38. The zero-order valence-corrected chi connectivity index (χ0v) is 41.1. The van der Waals surface area contributed by atoms with E-state index in [9.17, 15) is 10.0 Å². The van der Waals surface area contributed by atoms with Gasteiger partial charge < -0.3 is 30.9 Å². The molecule has 0 saturated carbocycles. The Balaban J connectivity index is 0.000000815. The van der Waals surface area contributed by atoms with E-state index in [0.717, 1.165) is 28.7 Å². The van der Waals surface area contributed by atoms with Gasteiger partial charge in [-0.15, -0.1) is 0 Å². The summed E-state index contributed by atoms with van der Waals surface area (Å²) >= 11 is 2.51. The largest absolute Gasteiger partial charge is 1.00 e. The predicted molar refractivity (Wildman–Crippen MR) is 257 cm³/mol. The van der Waals surface area contributed by atoms with E-state index >= 15 is 0 Å². The monoisotopic (exact) mass is 898 g/mol. The Kier molecular flexibility index (Phi) is 28.5. The second kappa shape index (κ2) is 29.4. The molecule has 0 amide bonds. The van der Waals surface area contributed by atoms with Crippen molar-refractivity contribution in [3.63, 3.8) is 0 Å². The average molecular weight is 899 g/mol. The van der Waals surface area contributed by atoms with Crippen molar-refractivity contribution in [2.75, 3.05) is 0 Å². The van der Waals surface area contributed by atoms with Crippen LogP contribution in [0.25, 0.3) is 22.3 Å². The van der Waals surface area contributed by atoms with Gasteiger partial charge in [-0.05, 0) is 150 Å². The molecule has 4 aromatic rings. The van der Waals surface area contributed by atoms with Gasteiger partial charge in [-0.3, -0.25) is 0 Å². The molecule has 4 aromatic carbocycles. The SMILES string of the molecule is CC(C)OB(OC(C)C)OC(C)C.CC(C)c1cc(-c2ccccc2)cc(C(C)C)c1B(O)O.CC(C)c1cc(-c2ccccc2)cc(C(C)C)c1I.[CH2-]CCC.[Li+]. The van der Waals surface area contributed by atoms with Crippen LogP contribution >= 0.6 is 22.6 Å².